The summed E-state index contributed by atoms with van der Waals surface area (Å²) in [4.78, 5) is 11.9. The molecule has 1 N–H and O–H groups in total. The van der Waals surface area contributed by atoms with E-state index in [9.17, 15) is 13.2 Å². The van der Waals surface area contributed by atoms with Crippen molar-refractivity contribution in [2.75, 3.05) is 12.8 Å². The summed E-state index contributed by atoms with van der Waals surface area (Å²) in [5.41, 5.74) is 3.14. The second-order valence-electron chi connectivity index (χ2n) is 5.92. The Morgan fingerprint density at radius 3 is 2.40 bits per heavy atom. The average molecular weight is 297 g/mol. The van der Waals surface area contributed by atoms with Gasteiger partial charge in [0.15, 0.2) is 9.84 Å². The molecule has 20 heavy (non-hydrogen) atoms. The Hall–Kier alpha value is -1.36. The number of amides is 1. The van der Waals surface area contributed by atoms with Gasteiger partial charge in [0.2, 0.25) is 5.91 Å². The van der Waals surface area contributed by atoms with Crippen LogP contribution in [0.5, 0.6) is 0 Å². The predicted molar refractivity (Wildman–Crippen MR) is 81.6 cm³/mol. The predicted octanol–water partition coefficient (Wildman–Crippen LogP) is 1.79. The molecule has 0 bridgehead atoms. The van der Waals surface area contributed by atoms with Gasteiger partial charge in [0, 0.05) is 12.8 Å². The highest BCUT2D eigenvalue weighted by Crippen LogP contribution is 2.14. The van der Waals surface area contributed by atoms with E-state index in [1.54, 1.807) is 13.8 Å². The largest absolute Gasteiger partial charge is 0.354 e. The lowest BCUT2D eigenvalue weighted by Crippen LogP contribution is -2.44. The zero-order valence-electron chi connectivity index (χ0n) is 12.8. The van der Waals surface area contributed by atoms with Gasteiger partial charge in [-0.1, -0.05) is 23.8 Å². The molecule has 1 aromatic rings. The van der Waals surface area contributed by atoms with Crippen LogP contribution in [0.25, 0.3) is 0 Å². The lowest BCUT2D eigenvalue weighted by atomic mass is 10.0. The Morgan fingerprint density at radius 1 is 1.25 bits per heavy atom. The lowest BCUT2D eigenvalue weighted by molar-refractivity contribution is -0.120. The molecule has 0 aliphatic carbocycles. The zero-order valence-corrected chi connectivity index (χ0v) is 13.6. The first-order chi connectivity index (χ1) is 9.03. The quantitative estimate of drug-likeness (QED) is 0.901. The van der Waals surface area contributed by atoms with Crippen LogP contribution >= 0.6 is 0 Å². The zero-order chi connectivity index (χ0) is 15.6. The van der Waals surface area contributed by atoms with Crippen molar-refractivity contribution >= 4 is 15.7 Å². The normalized spacial score (nSPS) is 12.2. The minimum atomic E-state index is -3.20. The number of rotatable bonds is 5. The van der Waals surface area contributed by atoms with Crippen LogP contribution in [0.1, 0.15) is 30.5 Å². The van der Waals surface area contributed by atoms with Gasteiger partial charge in [0.1, 0.15) is 0 Å². The van der Waals surface area contributed by atoms with E-state index in [-0.39, 0.29) is 18.9 Å². The van der Waals surface area contributed by atoms with Gasteiger partial charge in [-0.05, 0) is 38.8 Å². The number of aryl methyl sites for hydroxylation is 2. The lowest BCUT2D eigenvalue weighted by Gasteiger charge is -2.22. The van der Waals surface area contributed by atoms with E-state index in [0.29, 0.717) is 0 Å². The van der Waals surface area contributed by atoms with Gasteiger partial charge >= 0.3 is 0 Å². The third kappa shape index (κ3) is 4.34. The first kappa shape index (κ1) is 16.7. The second-order valence-corrected chi connectivity index (χ2v) is 8.56. The van der Waals surface area contributed by atoms with Crippen LogP contribution < -0.4 is 5.32 Å². The number of hydrogen-bond acceptors (Lipinski definition) is 3. The average Bonchev–Trinajstić information content (AvgIpc) is 2.30. The highest BCUT2D eigenvalue weighted by Gasteiger charge is 2.30. The van der Waals surface area contributed by atoms with Crippen molar-refractivity contribution in [3.63, 3.8) is 0 Å². The van der Waals surface area contributed by atoms with Crippen LogP contribution in [0.3, 0.4) is 0 Å². The minimum absolute atomic E-state index is 0.121. The Bertz CT molecular complexity index is 604. The maximum Gasteiger partial charge on any atom is 0.224 e. The number of carbonyl (C=O) groups is 1. The summed E-state index contributed by atoms with van der Waals surface area (Å²) >= 11 is 0. The number of hydrogen-bond donors (Lipinski definition) is 1. The topological polar surface area (TPSA) is 63.2 Å². The fourth-order valence-corrected chi connectivity index (χ4v) is 2.00. The number of carbonyl (C=O) groups excluding carboxylic acids is 1. The molecule has 0 aliphatic rings. The van der Waals surface area contributed by atoms with Crippen molar-refractivity contribution in [3.05, 3.63) is 34.9 Å². The van der Waals surface area contributed by atoms with Crippen molar-refractivity contribution in [1.29, 1.82) is 0 Å². The molecule has 0 unspecified atom stereocenters. The number of nitrogens with one attached hydrogen (secondary N) is 1. The SMILES string of the molecule is Cc1ccc(C)c(CC(=O)NCC(C)(C)S(C)(=O)=O)c1. The summed E-state index contributed by atoms with van der Waals surface area (Å²) in [7, 11) is -3.20. The van der Waals surface area contributed by atoms with Crippen LogP contribution in [-0.2, 0) is 21.1 Å². The Labute approximate surface area is 121 Å². The van der Waals surface area contributed by atoms with E-state index in [4.69, 9.17) is 0 Å². The molecule has 0 radical (unpaired) electrons. The van der Waals surface area contributed by atoms with Crippen LogP contribution in [0, 0.1) is 13.8 Å². The molecule has 1 rings (SSSR count). The molecule has 112 valence electrons. The second kappa shape index (κ2) is 5.95. The summed E-state index contributed by atoms with van der Waals surface area (Å²) in [5.74, 6) is -0.157. The Morgan fingerprint density at radius 2 is 1.85 bits per heavy atom. The van der Waals surface area contributed by atoms with Crippen molar-refractivity contribution in [3.8, 4) is 0 Å². The molecule has 0 fully saturated rings. The maximum absolute atomic E-state index is 11.9. The van der Waals surface area contributed by atoms with Crippen LogP contribution in [-0.4, -0.2) is 31.9 Å². The number of sulfone groups is 1. The smallest absolute Gasteiger partial charge is 0.224 e. The molecule has 0 spiro atoms. The first-order valence-electron chi connectivity index (χ1n) is 6.55. The van der Waals surface area contributed by atoms with E-state index in [2.05, 4.69) is 5.32 Å². The highest BCUT2D eigenvalue weighted by molar-refractivity contribution is 7.92. The fraction of sp³-hybridized carbons (Fsp3) is 0.533. The van der Waals surface area contributed by atoms with Crippen molar-refractivity contribution < 1.29 is 13.2 Å². The highest BCUT2D eigenvalue weighted by atomic mass is 32.2. The third-order valence-electron chi connectivity index (χ3n) is 3.57. The number of benzene rings is 1. The molecule has 0 aromatic heterocycles. The first-order valence-corrected chi connectivity index (χ1v) is 8.44. The minimum Gasteiger partial charge on any atom is -0.354 e. The van der Waals surface area contributed by atoms with Gasteiger partial charge in [-0.15, -0.1) is 0 Å². The standard InChI is InChI=1S/C15H23NO3S/c1-11-6-7-12(2)13(8-11)9-14(17)16-10-15(3,4)20(5,18)19/h6-8H,9-10H2,1-5H3,(H,16,17). The van der Waals surface area contributed by atoms with E-state index in [1.807, 2.05) is 32.0 Å². The van der Waals surface area contributed by atoms with Gasteiger partial charge < -0.3 is 5.32 Å². The molecule has 1 aromatic carbocycles. The van der Waals surface area contributed by atoms with Gasteiger partial charge in [-0.2, -0.15) is 0 Å². The van der Waals surface area contributed by atoms with Gasteiger partial charge in [-0.3, -0.25) is 4.79 Å². The monoisotopic (exact) mass is 297 g/mol. The van der Waals surface area contributed by atoms with Crippen LogP contribution in [0.2, 0.25) is 0 Å². The molecule has 0 saturated carbocycles. The molecule has 0 atom stereocenters. The molecular formula is C15H23NO3S. The van der Waals surface area contributed by atoms with E-state index < -0.39 is 14.6 Å². The maximum atomic E-state index is 11.9. The molecular weight excluding hydrogens is 274 g/mol. The Balaban J connectivity index is 2.68. The molecule has 0 saturated heterocycles. The molecule has 4 nitrogen and oxygen atoms in total. The summed E-state index contributed by atoms with van der Waals surface area (Å²) in [6.45, 7) is 7.28. The van der Waals surface area contributed by atoms with Gasteiger partial charge in [-0.25, -0.2) is 8.42 Å². The summed E-state index contributed by atoms with van der Waals surface area (Å²) < 4.78 is 22.2. The van der Waals surface area contributed by atoms with Crippen molar-refractivity contribution in [1.82, 2.24) is 5.32 Å². The third-order valence-corrected chi connectivity index (χ3v) is 5.72. The summed E-state index contributed by atoms with van der Waals surface area (Å²) in [6, 6.07) is 5.97. The fourth-order valence-electron chi connectivity index (χ4n) is 1.67. The van der Waals surface area contributed by atoms with E-state index in [1.165, 1.54) is 6.26 Å². The summed E-state index contributed by atoms with van der Waals surface area (Å²) in [6.07, 6.45) is 1.46. The van der Waals surface area contributed by atoms with Gasteiger partial charge in [0.05, 0.1) is 11.2 Å². The molecule has 0 heterocycles. The molecule has 5 heteroatoms. The molecule has 1 amide bonds. The van der Waals surface area contributed by atoms with E-state index in [0.717, 1.165) is 16.7 Å². The van der Waals surface area contributed by atoms with Crippen molar-refractivity contribution in [2.24, 2.45) is 0 Å². The van der Waals surface area contributed by atoms with Gasteiger partial charge in [0.25, 0.3) is 0 Å². The summed E-state index contributed by atoms with van der Waals surface area (Å²) in [5, 5.41) is 2.71. The van der Waals surface area contributed by atoms with Crippen LogP contribution in [0.15, 0.2) is 18.2 Å². The van der Waals surface area contributed by atoms with Crippen LogP contribution in [0.4, 0.5) is 0 Å². The molecule has 0 aliphatic heterocycles. The van der Waals surface area contributed by atoms with Crippen molar-refractivity contribution in [2.45, 2.75) is 38.9 Å². The van der Waals surface area contributed by atoms with E-state index >= 15 is 0 Å². The Kier molecular flexibility index (Phi) is 4.97.